The minimum atomic E-state index is 0. The van der Waals surface area contributed by atoms with Crippen LogP contribution in [0.15, 0.2) is 0 Å². The third-order valence-electron chi connectivity index (χ3n) is 0. The normalized spacial score (nSPS) is 0. The standard InChI is InChI=1S/19Fe. The molecule has 0 aromatic heterocycles. The average Bonchev–Trinajstić information content (AvgIpc) is 0. The maximum Gasteiger partial charge on any atom is 0 e. The van der Waals surface area contributed by atoms with E-state index in [1.165, 1.54) is 0 Å². The van der Waals surface area contributed by atoms with Gasteiger partial charge in [-0.3, -0.25) is 0 Å². The Bertz CT molecular complexity index is 0. The largest absolute Gasteiger partial charge is 0 e. The van der Waals surface area contributed by atoms with E-state index < -0.39 is 0 Å². The van der Waals surface area contributed by atoms with Crippen LogP contribution in [0.5, 0.6) is 0 Å². The van der Waals surface area contributed by atoms with Crippen LogP contribution >= 0.6 is 0 Å². The molecule has 0 aromatic rings. The van der Waals surface area contributed by atoms with Crippen molar-refractivity contribution in [1.82, 2.24) is 0 Å². The summed E-state index contributed by atoms with van der Waals surface area (Å²) >= 11 is 0. The van der Waals surface area contributed by atoms with Crippen LogP contribution in [-0.2, 0) is 324 Å². The van der Waals surface area contributed by atoms with Gasteiger partial charge in [0, 0.05) is 324 Å². The van der Waals surface area contributed by atoms with Crippen LogP contribution in [0.2, 0.25) is 0 Å². The molecule has 0 aliphatic heterocycles. The van der Waals surface area contributed by atoms with Gasteiger partial charge < -0.3 is 0 Å². The van der Waals surface area contributed by atoms with Gasteiger partial charge in [-0.15, -0.1) is 0 Å². The van der Waals surface area contributed by atoms with Gasteiger partial charge in [-0.2, -0.15) is 0 Å². The molecule has 0 rings (SSSR count). The Morgan fingerprint density at radius 1 is 0.0526 bits per heavy atom. The third-order valence-corrected chi connectivity index (χ3v) is 0. The fraction of sp³-hybridized carbons (Fsp3) is 0. The van der Waals surface area contributed by atoms with E-state index in [0.717, 1.165) is 0 Å². The second-order valence-electron chi connectivity index (χ2n) is 0. The molecule has 0 heterocycles. The van der Waals surface area contributed by atoms with Crippen molar-refractivity contribution >= 4 is 0 Å². The fourth-order valence-electron chi connectivity index (χ4n) is 0. The Kier molecular flexibility index (Phi) is 2500. The number of hydrogen-bond acceptors (Lipinski definition) is 0. The summed E-state index contributed by atoms with van der Waals surface area (Å²) in [6.45, 7) is 0. The van der Waals surface area contributed by atoms with E-state index in [1.807, 2.05) is 0 Å². The molecular formula is Fe19. The molecule has 0 N–H and O–H groups in total. The maximum atomic E-state index is 0. The molecule has 0 spiro atoms. The van der Waals surface area contributed by atoms with Gasteiger partial charge in [0.15, 0.2) is 0 Å². The summed E-state index contributed by atoms with van der Waals surface area (Å²) in [5, 5.41) is 0. The second kappa shape index (κ2) is 207. The van der Waals surface area contributed by atoms with Crippen molar-refractivity contribution in [2.45, 2.75) is 0 Å². The van der Waals surface area contributed by atoms with Crippen LogP contribution in [0.1, 0.15) is 0 Å². The molecule has 0 atom stereocenters. The van der Waals surface area contributed by atoms with Crippen LogP contribution in [-0.4, -0.2) is 0 Å². The van der Waals surface area contributed by atoms with E-state index in [1.54, 1.807) is 0 Å². The van der Waals surface area contributed by atoms with Crippen molar-refractivity contribution in [1.29, 1.82) is 0 Å². The Labute approximate surface area is 317 Å². The van der Waals surface area contributed by atoms with Crippen LogP contribution in [0.25, 0.3) is 0 Å². The molecule has 0 bridgehead atoms. The van der Waals surface area contributed by atoms with Gasteiger partial charge in [0.05, 0.1) is 0 Å². The zero-order valence-electron chi connectivity index (χ0n) is 6.72. The van der Waals surface area contributed by atoms with Gasteiger partial charge in [0.1, 0.15) is 0 Å². The topological polar surface area (TPSA) is 0 Å². The van der Waals surface area contributed by atoms with E-state index in [0.29, 0.717) is 0 Å². The first-order chi connectivity index (χ1) is 0. The molecule has 0 amide bonds. The Morgan fingerprint density at radius 3 is 0.0526 bits per heavy atom. The van der Waals surface area contributed by atoms with Gasteiger partial charge in [-0.25, -0.2) is 0 Å². The number of rotatable bonds is 0. The van der Waals surface area contributed by atoms with Gasteiger partial charge in [-0.05, 0) is 0 Å². The van der Waals surface area contributed by atoms with Crippen molar-refractivity contribution in [2.24, 2.45) is 0 Å². The van der Waals surface area contributed by atoms with Gasteiger partial charge in [0.2, 0.25) is 0 Å². The minimum absolute atomic E-state index is 0. The molecule has 0 nitrogen and oxygen atoms in total. The summed E-state index contributed by atoms with van der Waals surface area (Å²) in [6.07, 6.45) is 0. The van der Waals surface area contributed by atoms with Crippen LogP contribution in [0, 0.1) is 0 Å². The van der Waals surface area contributed by atoms with Gasteiger partial charge >= 0.3 is 0 Å². The molecule has 0 aliphatic rings. The average molecular weight is 1060 g/mol. The van der Waals surface area contributed by atoms with Crippen molar-refractivity contribution in [3.05, 3.63) is 0 Å². The molecule has 0 aliphatic carbocycles. The molecule has 0 fully saturated rings. The Hall–Kier alpha value is 9.87. The zero-order chi connectivity index (χ0) is 0. The van der Waals surface area contributed by atoms with Crippen molar-refractivity contribution in [3.8, 4) is 0 Å². The quantitative estimate of drug-likeness (QED) is 0.300. The van der Waals surface area contributed by atoms with E-state index in [9.17, 15) is 0 Å². The summed E-state index contributed by atoms with van der Waals surface area (Å²) in [6, 6.07) is 0. The summed E-state index contributed by atoms with van der Waals surface area (Å²) in [5.41, 5.74) is 0. The van der Waals surface area contributed by atoms with Crippen molar-refractivity contribution in [3.63, 3.8) is 0 Å². The Balaban J connectivity index is 0. The van der Waals surface area contributed by atoms with Crippen LogP contribution in [0.3, 0.4) is 0 Å². The molecule has 152 valence electrons. The predicted molar refractivity (Wildman–Crippen MR) is 0 cm³/mol. The van der Waals surface area contributed by atoms with Crippen LogP contribution < -0.4 is 0 Å². The third kappa shape index (κ3) is 191. The summed E-state index contributed by atoms with van der Waals surface area (Å²) in [7, 11) is 0. The minimum Gasteiger partial charge on any atom is 0 e. The summed E-state index contributed by atoms with van der Waals surface area (Å²) in [4.78, 5) is 0. The predicted octanol–water partition coefficient (Wildman–Crippen LogP) is -0.0475. The molecule has 19 heavy (non-hydrogen) atoms. The first-order valence-corrected chi connectivity index (χ1v) is 0. The fourth-order valence-corrected chi connectivity index (χ4v) is 0. The Morgan fingerprint density at radius 2 is 0.0526 bits per heavy atom. The monoisotopic (exact) mass is 1060 g/mol. The molecule has 0 saturated carbocycles. The molecule has 0 unspecified atom stereocenters. The van der Waals surface area contributed by atoms with E-state index in [2.05, 4.69) is 0 Å². The SMILES string of the molecule is [Fe].[Fe].[Fe].[Fe].[Fe].[Fe].[Fe].[Fe].[Fe].[Fe].[Fe].[Fe].[Fe].[Fe].[Fe].[Fe].[Fe].[Fe].[Fe]. The van der Waals surface area contributed by atoms with E-state index in [-0.39, 0.29) is 324 Å². The summed E-state index contributed by atoms with van der Waals surface area (Å²) in [5.74, 6) is 0. The van der Waals surface area contributed by atoms with Crippen molar-refractivity contribution < 1.29 is 324 Å². The van der Waals surface area contributed by atoms with Crippen molar-refractivity contribution in [2.75, 3.05) is 0 Å². The summed E-state index contributed by atoms with van der Waals surface area (Å²) < 4.78 is 0. The first-order valence-electron chi connectivity index (χ1n) is 0. The zero-order valence-corrected chi connectivity index (χ0v) is 27.7. The smallest absolute Gasteiger partial charge is 0 e. The maximum absolute atomic E-state index is 0. The molecule has 0 aromatic carbocycles. The molecular weight excluding hydrogens is 1060 g/mol. The van der Waals surface area contributed by atoms with E-state index >= 15 is 0 Å². The van der Waals surface area contributed by atoms with Gasteiger partial charge in [-0.1, -0.05) is 0 Å². The molecule has 19 heteroatoms. The van der Waals surface area contributed by atoms with E-state index in [4.69, 9.17) is 0 Å². The van der Waals surface area contributed by atoms with Crippen LogP contribution in [0.4, 0.5) is 0 Å². The number of hydrogen-bond donors (Lipinski definition) is 0. The molecule has 0 saturated heterocycles. The van der Waals surface area contributed by atoms with Gasteiger partial charge in [0.25, 0.3) is 0 Å². The second-order valence-corrected chi connectivity index (χ2v) is 0. The molecule has 0 radical (unpaired) electrons. The first kappa shape index (κ1) is 230.